The van der Waals surface area contributed by atoms with E-state index in [2.05, 4.69) is 5.32 Å². The Bertz CT molecular complexity index is 422. The molecule has 2 atom stereocenters. The lowest BCUT2D eigenvalue weighted by atomic mass is 10.2. The van der Waals surface area contributed by atoms with Gasteiger partial charge in [0.1, 0.15) is 5.75 Å². The lowest BCUT2D eigenvalue weighted by Crippen LogP contribution is -2.18. The second kappa shape index (κ2) is 4.31. The average Bonchev–Trinajstić information content (AvgIpc) is 2.99. The van der Waals surface area contributed by atoms with E-state index in [0.717, 1.165) is 6.42 Å². The molecule has 4 nitrogen and oxygen atoms in total. The van der Waals surface area contributed by atoms with Crippen molar-refractivity contribution in [1.29, 1.82) is 0 Å². The quantitative estimate of drug-likeness (QED) is 0.844. The van der Waals surface area contributed by atoms with Crippen LogP contribution in [0.2, 0.25) is 5.02 Å². The summed E-state index contributed by atoms with van der Waals surface area (Å²) in [6.07, 6.45) is 0.743. The first-order chi connectivity index (χ1) is 7.61. The lowest BCUT2D eigenvalue weighted by Gasteiger charge is -2.08. The highest BCUT2D eigenvalue weighted by Gasteiger charge is 2.40. The fraction of sp³-hybridized carbons (Fsp3) is 0.364. The van der Waals surface area contributed by atoms with Gasteiger partial charge in [-0.3, -0.25) is 4.79 Å². The van der Waals surface area contributed by atoms with Crippen molar-refractivity contribution >= 4 is 23.2 Å². The summed E-state index contributed by atoms with van der Waals surface area (Å²) in [4.78, 5) is 11.6. The molecule has 2 unspecified atom stereocenters. The molecule has 1 aliphatic rings. The number of rotatable bonds is 3. The van der Waals surface area contributed by atoms with Crippen LogP contribution in [-0.4, -0.2) is 19.1 Å². The van der Waals surface area contributed by atoms with Crippen LogP contribution in [0.25, 0.3) is 0 Å². The second-order valence-corrected chi connectivity index (χ2v) is 4.25. The Hall–Kier alpha value is -1.26. The van der Waals surface area contributed by atoms with Crippen LogP contribution in [-0.2, 0) is 4.79 Å². The Morgan fingerprint density at radius 3 is 2.88 bits per heavy atom. The summed E-state index contributed by atoms with van der Waals surface area (Å²) in [7, 11) is 1.56. The summed E-state index contributed by atoms with van der Waals surface area (Å²) in [5.74, 6) is 0.490. The smallest absolute Gasteiger partial charge is 0.229 e. The van der Waals surface area contributed by atoms with E-state index < -0.39 is 0 Å². The number of halogens is 1. The molecule has 1 amide bonds. The van der Waals surface area contributed by atoms with Crippen molar-refractivity contribution in [3.05, 3.63) is 23.2 Å². The van der Waals surface area contributed by atoms with Gasteiger partial charge in [-0.25, -0.2) is 0 Å². The molecule has 16 heavy (non-hydrogen) atoms. The van der Waals surface area contributed by atoms with Gasteiger partial charge in [0, 0.05) is 12.1 Å². The largest absolute Gasteiger partial charge is 0.497 e. The number of amides is 1. The summed E-state index contributed by atoms with van der Waals surface area (Å²) in [6.45, 7) is 0. The van der Waals surface area contributed by atoms with Crippen molar-refractivity contribution in [2.24, 2.45) is 11.7 Å². The fourth-order valence-corrected chi connectivity index (χ4v) is 1.63. The monoisotopic (exact) mass is 240 g/mol. The molecule has 1 aromatic carbocycles. The predicted molar refractivity (Wildman–Crippen MR) is 62.7 cm³/mol. The number of carbonyl (C=O) groups excluding carboxylic acids is 1. The zero-order valence-corrected chi connectivity index (χ0v) is 9.62. The molecule has 0 heterocycles. The first kappa shape index (κ1) is 11.2. The standard InChI is InChI=1S/C11H13ClN2O2/c1-16-6-2-3-8(12)10(4-6)14-11(15)7-5-9(7)13/h2-4,7,9H,5,13H2,1H3,(H,14,15). The molecule has 2 rings (SSSR count). The molecule has 86 valence electrons. The number of anilines is 1. The van der Waals surface area contributed by atoms with Crippen LogP contribution in [0.1, 0.15) is 6.42 Å². The third kappa shape index (κ3) is 2.28. The van der Waals surface area contributed by atoms with Gasteiger partial charge in [-0.05, 0) is 18.6 Å². The molecule has 5 heteroatoms. The minimum absolute atomic E-state index is 0.00983. The van der Waals surface area contributed by atoms with Crippen LogP contribution in [0, 0.1) is 5.92 Å². The minimum atomic E-state index is -0.0812. The highest BCUT2D eigenvalue weighted by molar-refractivity contribution is 6.33. The summed E-state index contributed by atoms with van der Waals surface area (Å²) in [5, 5.41) is 3.24. The van der Waals surface area contributed by atoms with E-state index in [1.54, 1.807) is 25.3 Å². The van der Waals surface area contributed by atoms with Crippen molar-refractivity contribution in [2.45, 2.75) is 12.5 Å². The molecule has 0 saturated heterocycles. The predicted octanol–water partition coefficient (Wildman–Crippen LogP) is 1.63. The Morgan fingerprint density at radius 2 is 2.31 bits per heavy atom. The van der Waals surface area contributed by atoms with E-state index in [4.69, 9.17) is 22.1 Å². The van der Waals surface area contributed by atoms with E-state index >= 15 is 0 Å². The number of hydrogen-bond acceptors (Lipinski definition) is 3. The first-order valence-electron chi connectivity index (χ1n) is 5.02. The molecule has 0 aromatic heterocycles. The number of carbonyl (C=O) groups is 1. The van der Waals surface area contributed by atoms with Gasteiger partial charge in [0.2, 0.25) is 5.91 Å². The van der Waals surface area contributed by atoms with Gasteiger partial charge in [0.15, 0.2) is 0 Å². The van der Waals surface area contributed by atoms with Crippen LogP contribution < -0.4 is 15.8 Å². The number of methoxy groups -OCH3 is 1. The van der Waals surface area contributed by atoms with Gasteiger partial charge in [0.05, 0.1) is 23.7 Å². The Morgan fingerprint density at radius 1 is 1.62 bits per heavy atom. The summed E-state index contributed by atoms with van der Waals surface area (Å²) in [6, 6.07) is 5.10. The zero-order chi connectivity index (χ0) is 11.7. The van der Waals surface area contributed by atoms with Crippen molar-refractivity contribution in [2.75, 3.05) is 12.4 Å². The van der Waals surface area contributed by atoms with Crippen molar-refractivity contribution in [3.63, 3.8) is 0 Å². The lowest BCUT2D eigenvalue weighted by molar-refractivity contribution is -0.117. The van der Waals surface area contributed by atoms with E-state index in [0.29, 0.717) is 16.5 Å². The highest BCUT2D eigenvalue weighted by Crippen LogP contribution is 2.32. The molecular formula is C11H13ClN2O2. The van der Waals surface area contributed by atoms with Gasteiger partial charge in [0.25, 0.3) is 0 Å². The van der Waals surface area contributed by atoms with Crippen LogP contribution in [0.3, 0.4) is 0 Å². The van der Waals surface area contributed by atoms with Crippen LogP contribution in [0.15, 0.2) is 18.2 Å². The Balaban J connectivity index is 2.10. The molecule has 0 aliphatic heterocycles. The third-order valence-electron chi connectivity index (χ3n) is 2.61. The third-order valence-corrected chi connectivity index (χ3v) is 2.94. The highest BCUT2D eigenvalue weighted by atomic mass is 35.5. The van der Waals surface area contributed by atoms with Gasteiger partial charge >= 0.3 is 0 Å². The van der Waals surface area contributed by atoms with Crippen LogP contribution in [0.5, 0.6) is 5.75 Å². The van der Waals surface area contributed by atoms with Crippen molar-refractivity contribution in [3.8, 4) is 5.75 Å². The molecule has 0 bridgehead atoms. The van der Waals surface area contributed by atoms with Crippen LogP contribution in [0.4, 0.5) is 5.69 Å². The summed E-state index contributed by atoms with van der Waals surface area (Å²) in [5.41, 5.74) is 6.16. The van der Waals surface area contributed by atoms with Gasteiger partial charge < -0.3 is 15.8 Å². The fourth-order valence-electron chi connectivity index (χ4n) is 1.47. The van der Waals surface area contributed by atoms with Gasteiger partial charge in [-0.15, -0.1) is 0 Å². The minimum Gasteiger partial charge on any atom is -0.497 e. The topological polar surface area (TPSA) is 64.3 Å². The van der Waals surface area contributed by atoms with E-state index in [1.165, 1.54) is 0 Å². The molecule has 1 aromatic rings. The van der Waals surface area contributed by atoms with Gasteiger partial charge in [-0.2, -0.15) is 0 Å². The maximum atomic E-state index is 11.6. The number of nitrogens with one attached hydrogen (secondary N) is 1. The zero-order valence-electron chi connectivity index (χ0n) is 8.87. The number of nitrogens with two attached hydrogens (primary N) is 1. The molecule has 1 saturated carbocycles. The maximum absolute atomic E-state index is 11.6. The second-order valence-electron chi connectivity index (χ2n) is 3.84. The Kier molecular flexibility index (Phi) is 3.03. The van der Waals surface area contributed by atoms with Crippen molar-refractivity contribution < 1.29 is 9.53 Å². The van der Waals surface area contributed by atoms with E-state index in [9.17, 15) is 4.79 Å². The number of benzene rings is 1. The van der Waals surface area contributed by atoms with Crippen molar-refractivity contribution in [1.82, 2.24) is 0 Å². The Labute approximate surface area is 98.7 Å². The maximum Gasteiger partial charge on any atom is 0.229 e. The van der Waals surface area contributed by atoms with E-state index in [-0.39, 0.29) is 17.9 Å². The van der Waals surface area contributed by atoms with Gasteiger partial charge in [-0.1, -0.05) is 11.6 Å². The molecule has 3 N–H and O–H groups in total. The molecule has 1 fully saturated rings. The first-order valence-corrected chi connectivity index (χ1v) is 5.39. The average molecular weight is 241 g/mol. The normalized spacial score (nSPS) is 22.7. The molecule has 0 radical (unpaired) electrons. The number of hydrogen-bond donors (Lipinski definition) is 2. The number of ether oxygens (including phenoxy) is 1. The molecule has 0 spiro atoms. The summed E-state index contributed by atoms with van der Waals surface area (Å²) >= 11 is 5.96. The molecule has 1 aliphatic carbocycles. The SMILES string of the molecule is COc1ccc(Cl)c(NC(=O)C2CC2N)c1. The van der Waals surface area contributed by atoms with E-state index in [1.807, 2.05) is 0 Å². The molecular weight excluding hydrogens is 228 g/mol. The van der Waals surface area contributed by atoms with Crippen LogP contribution >= 0.6 is 11.6 Å². The summed E-state index contributed by atoms with van der Waals surface area (Å²) < 4.78 is 5.05.